The first-order chi connectivity index (χ1) is 19.2. The number of pyridine rings is 1. The number of hydrogen-bond acceptors (Lipinski definition) is 5. The van der Waals surface area contributed by atoms with Gasteiger partial charge in [-0.3, -0.25) is 14.6 Å². The zero-order chi connectivity index (χ0) is 28.0. The Balaban J connectivity index is 1.33. The summed E-state index contributed by atoms with van der Waals surface area (Å²) >= 11 is 0. The third kappa shape index (κ3) is 4.46. The number of rotatable bonds is 5. The van der Waals surface area contributed by atoms with E-state index >= 15 is 0 Å². The number of aromatic amines is 1. The molecule has 2 amide bonds. The summed E-state index contributed by atoms with van der Waals surface area (Å²) in [5.41, 5.74) is 1.26. The standard InChI is InChI=1S/C28H22F3N7O2/c1-37-21-11-5-9-17-18(23-19(28(29,30)31)10-6-12-32-23)14-38(24(17)21)15-20(27(37)40)33-26(39)25-34-22(35-36-25)13-16-7-3-2-4-8-16/h2-12,14,20H,13,15H2,1H3,(H,33,39)(H,34,35,36). The molecule has 202 valence electrons. The van der Waals surface area contributed by atoms with Gasteiger partial charge in [0, 0.05) is 36.8 Å². The zero-order valence-electron chi connectivity index (χ0n) is 21.1. The number of para-hydroxylation sites is 1. The summed E-state index contributed by atoms with van der Waals surface area (Å²) in [6.07, 6.45) is -1.30. The van der Waals surface area contributed by atoms with E-state index in [1.165, 1.54) is 17.2 Å². The molecule has 0 spiro atoms. The van der Waals surface area contributed by atoms with Crippen molar-refractivity contribution in [1.82, 2.24) is 30.0 Å². The van der Waals surface area contributed by atoms with Crippen LogP contribution in [0.15, 0.2) is 73.1 Å². The lowest BCUT2D eigenvalue weighted by Gasteiger charge is -2.21. The highest BCUT2D eigenvalue weighted by Gasteiger charge is 2.37. The number of anilines is 1. The molecule has 4 heterocycles. The number of carbonyl (C=O) groups excluding carboxylic acids is 2. The van der Waals surface area contributed by atoms with Crippen LogP contribution >= 0.6 is 0 Å². The van der Waals surface area contributed by atoms with Crippen LogP contribution in [0.1, 0.15) is 27.6 Å². The van der Waals surface area contributed by atoms with E-state index in [9.17, 15) is 22.8 Å². The lowest BCUT2D eigenvalue weighted by atomic mass is 10.0. The lowest BCUT2D eigenvalue weighted by molar-refractivity contribution is -0.137. The van der Waals surface area contributed by atoms with Gasteiger partial charge >= 0.3 is 6.18 Å². The van der Waals surface area contributed by atoms with E-state index in [0.717, 1.165) is 11.6 Å². The normalized spacial score (nSPS) is 15.3. The molecule has 0 fully saturated rings. The summed E-state index contributed by atoms with van der Waals surface area (Å²) in [6.45, 7) is -0.0123. The van der Waals surface area contributed by atoms with Crippen LogP contribution in [0.3, 0.4) is 0 Å². The smallest absolute Gasteiger partial charge is 0.342 e. The molecule has 1 atom stereocenters. The average Bonchev–Trinajstić information content (AvgIpc) is 3.54. The Bertz CT molecular complexity index is 1740. The molecule has 0 saturated heterocycles. The summed E-state index contributed by atoms with van der Waals surface area (Å²) in [4.78, 5) is 34.8. The first kappa shape index (κ1) is 25.3. The molecule has 12 heteroatoms. The van der Waals surface area contributed by atoms with Crippen molar-refractivity contribution < 1.29 is 22.8 Å². The van der Waals surface area contributed by atoms with Gasteiger partial charge in [0.1, 0.15) is 11.9 Å². The molecule has 0 aliphatic carbocycles. The number of H-pyrrole nitrogens is 1. The third-order valence-electron chi connectivity index (χ3n) is 6.88. The van der Waals surface area contributed by atoms with E-state index in [1.807, 2.05) is 30.3 Å². The number of nitrogens with one attached hydrogen (secondary N) is 2. The Labute approximate surface area is 225 Å². The van der Waals surface area contributed by atoms with Crippen molar-refractivity contribution in [2.75, 3.05) is 11.9 Å². The lowest BCUT2D eigenvalue weighted by Crippen LogP contribution is -2.48. The van der Waals surface area contributed by atoms with E-state index in [1.54, 1.807) is 36.0 Å². The minimum atomic E-state index is -4.60. The molecule has 0 radical (unpaired) electrons. The van der Waals surface area contributed by atoms with Crippen molar-refractivity contribution in [3.63, 3.8) is 0 Å². The summed E-state index contributed by atoms with van der Waals surface area (Å²) in [6, 6.07) is 15.8. The molecule has 0 saturated carbocycles. The molecule has 6 rings (SSSR count). The van der Waals surface area contributed by atoms with Gasteiger partial charge in [0.25, 0.3) is 11.8 Å². The van der Waals surface area contributed by atoms with Crippen LogP contribution in [-0.2, 0) is 23.9 Å². The Morgan fingerprint density at radius 3 is 2.65 bits per heavy atom. The second kappa shape index (κ2) is 9.63. The van der Waals surface area contributed by atoms with Crippen LogP contribution in [0.25, 0.3) is 22.2 Å². The van der Waals surface area contributed by atoms with Gasteiger partial charge in [0.05, 0.1) is 29.0 Å². The quantitative estimate of drug-likeness (QED) is 0.344. The summed E-state index contributed by atoms with van der Waals surface area (Å²) in [5, 5.41) is 11.2. The predicted molar refractivity (Wildman–Crippen MR) is 140 cm³/mol. The number of benzene rings is 2. The van der Waals surface area contributed by atoms with Crippen molar-refractivity contribution in [1.29, 1.82) is 0 Å². The first-order valence-corrected chi connectivity index (χ1v) is 12.4. The highest BCUT2D eigenvalue weighted by Crippen LogP contribution is 2.41. The monoisotopic (exact) mass is 545 g/mol. The number of carbonyl (C=O) groups is 2. The topological polar surface area (TPSA) is 109 Å². The van der Waals surface area contributed by atoms with E-state index < -0.39 is 23.7 Å². The van der Waals surface area contributed by atoms with E-state index in [4.69, 9.17) is 0 Å². The SMILES string of the molecule is CN1C(=O)C(NC(=O)c2nnc(Cc3ccccc3)[nH]2)Cn2cc(-c3ncccc3C(F)(F)F)c3cccc1c32. The molecule has 2 aromatic carbocycles. The van der Waals surface area contributed by atoms with Gasteiger partial charge in [-0.2, -0.15) is 13.2 Å². The zero-order valence-corrected chi connectivity index (χ0v) is 21.1. The Hall–Kier alpha value is -5.00. The largest absolute Gasteiger partial charge is 0.418 e. The Kier molecular flexibility index (Phi) is 6.09. The van der Waals surface area contributed by atoms with Crippen molar-refractivity contribution in [2.45, 2.75) is 25.2 Å². The predicted octanol–water partition coefficient (Wildman–Crippen LogP) is 4.21. The number of likely N-dealkylation sites (N-methyl/N-ethyl adjacent to an activating group) is 1. The van der Waals surface area contributed by atoms with Crippen LogP contribution in [-0.4, -0.2) is 49.6 Å². The number of aromatic nitrogens is 5. The fourth-order valence-corrected chi connectivity index (χ4v) is 5.02. The van der Waals surface area contributed by atoms with Crippen LogP contribution < -0.4 is 10.2 Å². The second-order valence-electron chi connectivity index (χ2n) is 9.47. The highest BCUT2D eigenvalue weighted by molar-refractivity contribution is 6.10. The fraction of sp³-hybridized carbons (Fsp3) is 0.179. The van der Waals surface area contributed by atoms with Gasteiger partial charge in [-0.05, 0) is 23.8 Å². The number of nitrogens with zero attached hydrogens (tertiary/aromatic N) is 5. The maximum absolute atomic E-state index is 13.8. The fourth-order valence-electron chi connectivity index (χ4n) is 5.02. The number of amides is 2. The van der Waals surface area contributed by atoms with Gasteiger partial charge < -0.3 is 19.8 Å². The minimum Gasteiger partial charge on any atom is -0.342 e. The van der Waals surface area contributed by atoms with E-state index in [-0.39, 0.29) is 29.5 Å². The second-order valence-corrected chi connectivity index (χ2v) is 9.47. The third-order valence-corrected chi connectivity index (χ3v) is 6.88. The molecule has 0 bridgehead atoms. The van der Waals surface area contributed by atoms with Crippen molar-refractivity contribution in [3.8, 4) is 11.3 Å². The Morgan fingerprint density at radius 1 is 1.07 bits per heavy atom. The molecule has 1 unspecified atom stereocenters. The molecular formula is C28H22F3N7O2. The molecule has 3 aromatic heterocycles. The number of alkyl halides is 3. The maximum Gasteiger partial charge on any atom is 0.418 e. The van der Waals surface area contributed by atoms with Crippen LogP contribution in [0.4, 0.5) is 18.9 Å². The summed E-state index contributed by atoms with van der Waals surface area (Å²) in [5.74, 6) is -0.577. The van der Waals surface area contributed by atoms with Crippen LogP contribution in [0.5, 0.6) is 0 Å². The number of hydrogen-bond donors (Lipinski definition) is 2. The molecule has 1 aliphatic rings. The summed E-state index contributed by atoms with van der Waals surface area (Å²) in [7, 11) is 1.56. The van der Waals surface area contributed by atoms with Gasteiger partial charge in [-0.15, -0.1) is 10.2 Å². The average molecular weight is 546 g/mol. The summed E-state index contributed by atoms with van der Waals surface area (Å²) < 4.78 is 43.1. The molecule has 9 nitrogen and oxygen atoms in total. The maximum atomic E-state index is 13.8. The molecule has 5 aromatic rings. The van der Waals surface area contributed by atoms with Gasteiger partial charge in [0.2, 0.25) is 5.82 Å². The Morgan fingerprint density at radius 2 is 1.88 bits per heavy atom. The van der Waals surface area contributed by atoms with Crippen molar-refractivity contribution in [3.05, 3.63) is 95.8 Å². The van der Waals surface area contributed by atoms with Crippen molar-refractivity contribution in [2.24, 2.45) is 0 Å². The van der Waals surface area contributed by atoms with Crippen LogP contribution in [0, 0.1) is 0 Å². The van der Waals surface area contributed by atoms with Gasteiger partial charge in [-0.25, -0.2) is 0 Å². The first-order valence-electron chi connectivity index (χ1n) is 12.4. The minimum absolute atomic E-state index is 0.0123. The molecule has 40 heavy (non-hydrogen) atoms. The molecule has 2 N–H and O–H groups in total. The van der Waals surface area contributed by atoms with Crippen molar-refractivity contribution >= 4 is 28.4 Å². The van der Waals surface area contributed by atoms with Crippen LogP contribution in [0.2, 0.25) is 0 Å². The highest BCUT2D eigenvalue weighted by atomic mass is 19.4. The molecule has 1 aliphatic heterocycles. The number of halogens is 3. The van der Waals surface area contributed by atoms with E-state index in [2.05, 4.69) is 25.5 Å². The van der Waals surface area contributed by atoms with Gasteiger partial charge in [0.15, 0.2) is 0 Å². The molecular weight excluding hydrogens is 523 g/mol. The van der Waals surface area contributed by atoms with Gasteiger partial charge in [-0.1, -0.05) is 42.5 Å². The van der Waals surface area contributed by atoms with E-state index in [0.29, 0.717) is 28.8 Å².